The standard InChI is InChI=1S/C37H54FN5O4SSi/c1-11-12-16-29(38)35(42-48(44)36(2,3)4)31-18-14-17-30(41-31)26-22-32-28(33(23-26)46-21-20-45-8)24-39-43(32)34-19-13-15-27(40-34)25-47-49(9,10)37(5,6)7/h13-15,17-19,22-24,29,35,42H,11-12,16,20-21,25H2,1-10H3/t29?,35-,48+/m0/s1. The zero-order valence-electron chi connectivity index (χ0n) is 30.8. The Kier molecular flexibility index (Phi) is 13.1. The zero-order valence-corrected chi connectivity index (χ0v) is 32.6. The molecule has 3 heterocycles. The first-order valence-corrected chi connectivity index (χ1v) is 21.1. The number of pyridine rings is 2. The van der Waals surface area contributed by atoms with Gasteiger partial charge < -0.3 is 18.5 Å². The summed E-state index contributed by atoms with van der Waals surface area (Å²) < 4.78 is 51.1. The summed E-state index contributed by atoms with van der Waals surface area (Å²) in [5, 5.41) is 5.63. The van der Waals surface area contributed by atoms with Gasteiger partial charge in [-0.25, -0.2) is 14.1 Å². The van der Waals surface area contributed by atoms with E-state index in [1.807, 2.05) is 70.2 Å². The number of ether oxygens (including phenoxy) is 2. The normalized spacial score (nSPS) is 14.6. The molecule has 0 bridgehead atoms. The molecule has 3 atom stereocenters. The van der Waals surface area contributed by atoms with Gasteiger partial charge in [0.25, 0.3) is 0 Å². The van der Waals surface area contributed by atoms with Gasteiger partial charge in [-0.15, -0.1) is 4.72 Å². The highest BCUT2D eigenvalue weighted by Gasteiger charge is 2.37. The fourth-order valence-electron chi connectivity index (χ4n) is 4.88. The van der Waals surface area contributed by atoms with Crippen molar-refractivity contribution in [3.63, 3.8) is 0 Å². The number of nitrogens with one attached hydrogen (secondary N) is 1. The number of nitrogens with zero attached hydrogens (tertiary/aromatic N) is 4. The SMILES string of the molecule is CCCCC(F)[C@H](N[S@+]([O-])C(C)(C)C)c1cccc(-c2cc(OCCOC)c3cnn(-c4cccc(CO[Si](C)(C)C(C)(C)C)n4)c3c2)n1. The Bertz CT molecular complexity index is 1670. The molecule has 0 aliphatic heterocycles. The summed E-state index contributed by atoms with van der Waals surface area (Å²) in [6.07, 6.45) is 2.45. The fourth-order valence-corrected chi connectivity index (χ4v) is 6.67. The molecule has 12 heteroatoms. The van der Waals surface area contributed by atoms with E-state index in [9.17, 15) is 4.55 Å². The van der Waals surface area contributed by atoms with Gasteiger partial charge >= 0.3 is 0 Å². The smallest absolute Gasteiger partial charge is 0.192 e. The number of fused-ring (bicyclic) bond motifs is 1. The van der Waals surface area contributed by atoms with Gasteiger partial charge in [-0.1, -0.05) is 52.7 Å². The first-order valence-electron chi connectivity index (χ1n) is 17.1. The summed E-state index contributed by atoms with van der Waals surface area (Å²) in [7, 11) is -0.339. The van der Waals surface area contributed by atoms with Crippen LogP contribution >= 0.6 is 0 Å². The van der Waals surface area contributed by atoms with Crippen molar-refractivity contribution in [3.05, 3.63) is 66.1 Å². The molecule has 1 N–H and O–H groups in total. The van der Waals surface area contributed by atoms with E-state index in [2.05, 4.69) is 38.6 Å². The molecular weight excluding hydrogens is 658 g/mol. The fraction of sp³-hybridized carbons (Fsp3) is 0.541. The zero-order chi connectivity index (χ0) is 36.0. The maximum atomic E-state index is 15.8. The first-order chi connectivity index (χ1) is 23.1. The molecule has 0 saturated carbocycles. The Balaban J connectivity index is 1.77. The van der Waals surface area contributed by atoms with Crippen LogP contribution in [0.25, 0.3) is 28.0 Å². The average Bonchev–Trinajstić information content (AvgIpc) is 3.49. The molecule has 49 heavy (non-hydrogen) atoms. The third kappa shape index (κ3) is 9.89. The summed E-state index contributed by atoms with van der Waals surface area (Å²) in [6, 6.07) is 14.5. The van der Waals surface area contributed by atoms with Gasteiger partial charge in [-0.2, -0.15) is 5.10 Å². The number of hydrogen-bond acceptors (Lipinski definition) is 8. The van der Waals surface area contributed by atoms with Crippen molar-refractivity contribution in [1.29, 1.82) is 0 Å². The summed E-state index contributed by atoms with van der Waals surface area (Å²) >= 11 is -1.49. The maximum Gasteiger partial charge on any atom is 0.192 e. The minimum Gasteiger partial charge on any atom is -0.598 e. The van der Waals surface area contributed by atoms with Crippen LogP contribution in [-0.4, -0.2) is 63.9 Å². The van der Waals surface area contributed by atoms with Gasteiger partial charge in [0.05, 0.1) is 47.4 Å². The highest BCUT2D eigenvalue weighted by Crippen LogP contribution is 2.37. The lowest BCUT2D eigenvalue weighted by Crippen LogP contribution is -2.44. The Hall–Kier alpha value is -2.87. The molecule has 9 nitrogen and oxygen atoms in total. The van der Waals surface area contributed by atoms with Crippen molar-refractivity contribution in [3.8, 4) is 22.8 Å². The van der Waals surface area contributed by atoms with E-state index >= 15 is 4.39 Å². The lowest BCUT2D eigenvalue weighted by Gasteiger charge is -2.36. The molecule has 1 unspecified atom stereocenters. The Labute approximate surface area is 295 Å². The average molecular weight is 712 g/mol. The quantitative estimate of drug-likeness (QED) is 0.0700. The monoisotopic (exact) mass is 711 g/mol. The number of methoxy groups -OCH3 is 1. The van der Waals surface area contributed by atoms with Gasteiger partial charge in [0.15, 0.2) is 14.1 Å². The van der Waals surface area contributed by atoms with Gasteiger partial charge in [0, 0.05) is 24.0 Å². The van der Waals surface area contributed by atoms with Gasteiger partial charge in [0.1, 0.15) is 29.3 Å². The number of aromatic nitrogens is 4. The van der Waals surface area contributed by atoms with Crippen molar-refractivity contribution < 1.29 is 22.8 Å². The Morgan fingerprint density at radius 3 is 2.43 bits per heavy atom. The summed E-state index contributed by atoms with van der Waals surface area (Å²) in [5.74, 6) is 1.27. The van der Waals surface area contributed by atoms with Crippen molar-refractivity contribution >= 4 is 30.6 Å². The van der Waals surface area contributed by atoms with Crippen molar-refractivity contribution in [1.82, 2.24) is 24.5 Å². The van der Waals surface area contributed by atoms with E-state index in [0.29, 0.717) is 49.2 Å². The number of hydrogen-bond donors (Lipinski definition) is 1. The molecule has 0 saturated heterocycles. The second kappa shape index (κ2) is 16.4. The maximum absolute atomic E-state index is 15.8. The second-order valence-electron chi connectivity index (χ2n) is 14.9. The molecule has 4 aromatic rings. The number of halogens is 1. The molecule has 0 spiro atoms. The number of benzene rings is 1. The molecule has 4 rings (SSSR count). The molecule has 0 amide bonds. The first kappa shape index (κ1) is 38.9. The number of rotatable bonds is 16. The van der Waals surface area contributed by atoms with Crippen molar-refractivity contribution in [2.45, 2.75) is 109 Å². The van der Waals surface area contributed by atoms with E-state index in [4.69, 9.17) is 29.0 Å². The van der Waals surface area contributed by atoms with Crippen LogP contribution in [0.15, 0.2) is 54.7 Å². The van der Waals surface area contributed by atoms with Crippen LogP contribution in [0.1, 0.15) is 85.2 Å². The van der Waals surface area contributed by atoms with Crippen molar-refractivity contribution in [2.75, 3.05) is 20.3 Å². The van der Waals surface area contributed by atoms with Crippen LogP contribution in [0.5, 0.6) is 5.75 Å². The molecule has 3 aromatic heterocycles. The number of alkyl halides is 1. The third-order valence-electron chi connectivity index (χ3n) is 8.96. The van der Waals surface area contributed by atoms with Crippen molar-refractivity contribution in [2.24, 2.45) is 0 Å². The minimum atomic E-state index is -1.97. The molecule has 1 aromatic carbocycles. The molecular formula is C37H54FN5O4SSi. The molecule has 0 radical (unpaired) electrons. The van der Waals surface area contributed by atoms with Gasteiger partial charge in [-0.05, 0) is 81.7 Å². The third-order valence-corrected chi connectivity index (χ3v) is 15.0. The lowest BCUT2D eigenvalue weighted by molar-refractivity contribution is 0.147. The van der Waals surface area contributed by atoms with Crippen LogP contribution in [0, 0.1) is 0 Å². The van der Waals surface area contributed by atoms with Crippen LogP contribution in [0.2, 0.25) is 18.1 Å². The minimum absolute atomic E-state index is 0.0874. The van der Waals surface area contributed by atoms with Crippen LogP contribution in [0.3, 0.4) is 0 Å². The summed E-state index contributed by atoms with van der Waals surface area (Å²) in [4.78, 5) is 9.87. The Morgan fingerprint density at radius 2 is 1.76 bits per heavy atom. The van der Waals surface area contributed by atoms with Crippen LogP contribution in [0.4, 0.5) is 4.39 Å². The van der Waals surface area contributed by atoms with Crippen LogP contribution in [-0.2, 0) is 27.1 Å². The predicted molar refractivity (Wildman–Crippen MR) is 200 cm³/mol. The van der Waals surface area contributed by atoms with E-state index in [-0.39, 0.29) is 5.04 Å². The van der Waals surface area contributed by atoms with E-state index in [1.54, 1.807) is 24.1 Å². The van der Waals surface area contributed by atoms with Gasteiger partial charge in [0.2, 0.25) is 0 Å². The second-order valence-corrected chi connectivity index (χ2v) is 21.7. The predicted octanol–water partition coefficient (Wildman–Crippen LogP) is 8.65. The highest BCUT2D eigenvalue weighted by molar-refractivity contribution is 7.90. The molecule has 0 aliphatic rings. The van der Waals surface area contributed by atoms with E-state index < -0.39 is 36.6 Å². The van der Waals surface area contributed by atoms with Gasteiger partial charge in [-0.3, -0.25) is 4.98 Å². The Morgan fingerprint density at radius 1 is 1.02 bits per heavy atom. The van der Waals surface area contributed by atoms with E-state index in [0.717, 1.165) is 35.0 Å². The largest absolute Gasteiger partial charge is 0.598 e. The van der Waals surface area contributed by atoms with Crippen LogP contribution < -0.4 is 9.46 Å². The molecule has 0 aliphatic carbocycles. The highest BCUT2D eigenvalue weighted by atomic mass is 32.2. The molecule has 268 valence electrons. The summed E-state index contributed by atoms with van der Waals surface area (Å²) in [5.41, 5.74) is 3.49. The topological polar surface area (TPSA) is 106 Å². The van der Waals surface area contributed by atoms with E-state index in [1.165, 1.54) is 0 Å². The molecule has 0 fully saturated rings. The summed E-state index contributed by atoms with van der Waals surface area (Å²) in [6.45, 7) is 19.9. The number of unbranched alkanes of at least 4 members (excludes halogenated alkanes) is 1. The lowest BCUT2D eigenvalue weighted by atomic mass is 10.0.